The molecule has 4 aromatic rings. The van der Waals surface area contributed by atoms with Crippen LogP contribution >= 0.6 is 0 Å². The van der Waals surface area contributed by atoms with Gasteiger partial charge in [-0.05, 0) is 59.6 Å². The smallest absolute Gasteiger partial charge is 0.303 e. The van der Waals surface area contributed by atoms with Crippen LogP contribution in [0.15, 0.2) is 91.0 Å². The van der Waals surface area contributed by atoms with Gasteiger partial charge in [-0.1, -0.05) is 79.7 Å². The van der Waals surface area contributed by atoms with Crippen molar-refractivity contribution in [2.75, 3.05) is 18.9 Å². The number of rotatable bonds is 11. The van der Waals surface area contributed by atoms with Gasteiger partial charge in [-0.25, -0.2) is 0 Å². The van der Waals surface area contributed by atoms with Crippen molar-refractivity contribution < 1.29 is 29.3 Å². The van der Waals surface area contributed by atoms with Gasteiger partial charge in [0, 0.05) is 36.2 Å². The Labute approximate surface area is 258 Å². The van der Waals surface area contributed by atoms with E-state index in [1.165, 1.54) is 16.3 Å². The van der Waals surface area contributed by atoms with Gasteiger partial charge < -0.3 is 25.0 Å². The molecule has 0 saturated carbocycles. The minimum atomic E-state index is -1.02. The number of carboxylic acid groups (broad SMARTS) is 1. The van der Waals surface area contributed by atoms with E-state index in [0.29, 0.717) is 12.2 Å². The van der Waals surface area contributed by atoms with Crippen LogP contribution in [0.25, 0.3) is 10.8 Å². The Morgan fingerprint density at radius 3 is 2.36 bits per heavy atom. The lowest BCUT2D eigenvalue weighted by molar-refractivity contribution is -0.276. The maximum Gasteiger partial charge on any atom is 0.303 e. The number of hydrogen-bond donors (Lipinski definition) is 3. The Balaban J connectivity index is 1.38. The van der Waals surface area contributed by atoms with Crippen LogP contribution in [-0.4, -0.2) is 46.7 Å². The number of hydrogen-bond acceptors (Lipinski definition) is 6. The van der Waals surface area contributed by atoms with Gasteiger partial charge in [-0.3, -0.25) is 14.5 Å². The van der Waals surface area contributed by atoms with E-state index < -0.39 is 12.3 Å². The van der Waals surface area contributed by atoms with Crippen LogP contribution < -0.4 is 5.32 Å². The van der Waals surface area contributed by atoms with Crippen LogP contribution in [0, 0.1) is 5.92 Å². The molecule has 1 aliphatic rings. The Hall–Kier alpha value is -4.08. The molecule has 44 heavy (non-hydrogen) atoms. The molecule has 1 amide bonds. The molecule has 1 fully saturated rings. The first-order chi connectivity index (χ1) is 21.2. The number of nitrogens with one attached hydrogen (secondary N) is 1. The maximum absolute atomic E-state index is 12.3. The molecular weight excluding hydrogens is 556 g/mol. The van der Waals surface area contributed by atoms with Gasteiger partial charge in [0.05, 0.1) is 25.2 Å². The number of carboxylic acids is 1. The second-order valence-electron chi connectivity index (χ2n) is 11.6. The quantitative estimate of drug-likeness (QED) is 0.179. The van der Waals surface area contributed by atoms with E-state index >= 15 is 0 Å². The number of carbonyl (C=O) groups is 2. The first-order valence-corrected chi connectivity index (χ1v) is 15.0. The number of fused-ring (bicyclic) bond motifs is 1. The lowest BCUT2D eigenvalue weighted by Crippen LogP contribution is -2.44. The fraction of sp³-hybridized carbons (Fsp3) is 0.333. The standard InChI is InChI=1S/C36H40N2O6/c1-23-32(21-38(3)24(2)28-16-15-26-7-4-5-8-29(26)19-28)43-36(44-35(23)27-13-11-25(22-39)12-14-27)30-9-6-10-31(20-30)37-33(40)17-18-34(41)42/h4-16,19-20,23-24,32,35-36,39H,17-18,21-22H2,1-3H3,(H,37,40)(H,41,42). The monoisotopic (exact) mass is 596 g/mol. The van der Waals surface area contributed by atoms with E-state index in [1.807, 2.05) is 42.5 Å². The zero-order valence-electron chi connectivity index (χ0n) is 25.4. The molecule has 0 spiro atoms. The summed E-state index contributed by atoms with van der Waals surface area (Å²) >= 11 is 0. The summed E-state index contributed by atoms with van der Waals surface area (Å²) in [4.78, 5) is 25.5. The Morgan fingerprint density at radius 1 is 0.886 bits per heavy atom. The number of benzene rings is 4. The van der Waals surface area contributed by atoms with Gasteiger partial charge >= 0.3 is 5.97 Å². The van der Waals surface area contributed by atoms with Crippen molar-refractivity contribution in [2.45, 2.75) is 57.8 Å². The molecule has 0 aliphatic carbocycles. The van der Waals surface area contributed by atoms with Gasteiger partial charge in [0.1, 0.15) is 0 Å². The van der Waals surface area contributed by atoms with Crippen molar-refractivity contribution in [3.05, 3.63) is 113 Å². The van der Waals surface area contributed by atoms with Gasteiger partial charge in [-0.2, -0.15) is 0 Å². The molecule has 1 saturated heterocycles. The van der Waals surface area contributed by atoms with E-state index in [1.54, 1.807) is 6.07 Å². The zero-order valence-corrected chi connectivity index (χ0v) is 25.4. The first-order valence-electron chi connectivity index (χ1n) is 15.0. The molecule has 5 rings (SSSR count). The van der Waals surface area contributed by atoms with E-state index in [2.05, 4.69) is 73.6 Å². The third kappa shape index (κ3) is 7.52. The summed E-state index contributed by atoms with van der Waals surface area (Å²) in [5, 5.41) is 23.7. The fourth-order valence-corrected chi connectivity index (χ4v) is 5.70. The summed E-state index contributed by atoms with van der Waals surface area (Å²) in [6.45, 7) is 4.97. The van der Waals surface area contributed by atoms with Crippen LogP contribution in [0.1, 0.15) is 67.4 Å². The minimum Gasteiger partial charge on any atom is -0.481 e. The molecule has 8 nitrogen and oxygen atoms in total. The molecule has 0 aromatic heterocycles. The van der Waals surface area contributed by atoms with Gasteiger partial charge in [0.25, 0.3) is 0 Å². The van der Waals surface area contributed by atoms with Crippen LogP contribution in [0.3, 0.4) is 0 Å². The van der Waals surface area contributed by atoms with E-state index in [-0.39, 0.29) is 49.5 Å². The number of ether oxygens (including phenoxy) is 2. The molecule has 3 N–H and O–H groups in total. The predicted octanol–water partition coefficient (Wildman–Crippen LogP) is 6.62. The van der Waals surface area contributed by atoms with Crippen LogP contribution in [0.2, 0.25) is 0 Å². The number of aliphatic hydroxyl groups excluding tert-OH is 1. The summed E-state index contributed by atoms with van der Waals surface area (Å²) in [5.41, 5.74) is 4.35. The number of aliphatic hydroxyl groups is 1. The molecular formula is C36H40N2O6. The predicted molar refractivity (Wildman–Crippen MR) is 170 cm³/mol. The highest BCUT2D eigenvalue weighted by molar-refractivity contribution is 5.92. The summed E-state index contributed by atoms with van der Waals surface area (Å²) in [5.74, 6) is -1.37. The molecule has 1 aliphatic heterocycles. The molecule has 8 heteroatoms. The number of anilines is 1. The minimum absolute atomic E-state index is 0.0105. The average molecular weight is 597 g/mol. The van der Waals surface area contributed by atoms with Gasteiger partial charge in [0.2, 0.25) is 5.91 Å². The summed E-state index contributed by atoms with van der Waals surface area (Å²) in [7, 11) is 2.11. The second kappa shape index (κ2) is 14.1. The topological polar surface area (TPSA) is 108 Å². The lowest BCUT2D eigenvalue weighted by atomic mass is 9.89. The van der Waals surface area contributed by atoms with Crippen LogP contribution in [0.5, 0.6) is 0 Å². The normalized spacial score (nSPS) is 20.8. The number of amides is 1. The number of aliphatic carboxylic acids is 1. The first kappa shape index (κ1) is 31.3. The molecule has 5 unspecified atom stereocenters. The molecule has 1 heterocycles. The van der Waals surface area contributed by atoms with E-state index in [4.69, 9.17) is 14.6 Å². The van der Waals surface area contributed by atoms with Crippen LogP contribution in [-0.2, 0) is 25.7 Å². The Kier molecular flexibility index (Phi) is 10.1. The molecule has 0 radical (unpaired) electrons. The van der Waals surface area contributed by atoms with Crippen molar-refractivity contribution in [3.8, 4) is 0 Å². The number of likely N-dealkylation sites (N-methyl/N-ethyl adjacent to an activating group) is 1. The average Bonchev–Trinajstić information content (AvgIpc) is 3.04. The molecule has 4 aromatic carbocycles. The summed E-state index contributed by atoms with van der Waals surface area (Å²) in [6.07, 6.45) is -1.49. The summed E-state index contributed by atoms with van der Waals surface area (Å²) < 4.78 is 13.2. The zero-order chi connectivity index (χ0) is 31.2. The van der Waals surface area contributed by atoms with E-state index in [9.17, 15) is 14.7 Å². The largest absolute Gasteiger partial charge is 0.481 e. The van der Waals surface area contributed by atoms with Gasteiger partial charge in [-0.15, -0.1) is 0 Å². The van der Waals surface area contributed by atoms with Gasteiger partial charge in [0.15, 0.2) is 6.29 Å². The number of nitrogens with zero attached hydrogens (tertiary/aromatic N) is 1. The highest BCUT2D eigenvalue weighted by Crippen LogP contribution is 2.42. The van der Waals surface area contributed by atoms with Crippen molar-refractivity contribution in [2.24, 2.45) is 5.92 Å². The second-order valence-corrected chi connectivity index (χ2v) is 11.6. The SMILES string of the molecule is CC1C(CN(C)C(C)c2ccc3ccccc3c2)OC(c2cccc(NC(=O)CCC(=O)O)c2)OC1c1ccc(CO)cc1. The molecule has 5 atom stereocenters. The Bertz CT molecular complexity index is 1590. The Morgan fingerprint density at radius 2 is 1.64 bits per heavy atom. The van der Waals surface area contributed by atoms with Crippen molar-refractivity contribution in [1.82, 2.24) is 4.90 Å². The van der Waals surface area contributed by atoms with E-state index in [0.717, 1.165) is 16.7 Å². The molecule has 230 valence electrons. The third-order valence-corrected chi connectivity index (χ3v) is 8.52. The lowest BCUT2D eigenvalue weighted by Gasteiger charge is -2.43. The molecule has 0 bridgehead atoms. The van der Waals surface area contributed by atoms with Crippen molar-refractivity contribution in [1.29, 1.82) is 0 Å². The summed E-state index contributed by atoms with van der Waals surface area (Å²) in [6, 6.07) is 30.2. The fourth-order valence-electron chi connectivity index (χ4n) is 5.70. The maximum atomic E-state index is 12.3. The number of carbonyl (C=O) groups excluding carboxylic acids is 1. The highest BCUT2D eigenvalue weighted by atomic mass is 16.7. The van der Waals surface area contributed by atoms with Crippen LogP contribution in [0.4, 0.5) is 5.69 Å². The van der Waals surface area contributed by atoms with Crippen molar-refractivity contribution >= 4 is 28.3 Å². The highest BCUT2D eigenvalue weighted by Gasteiger charge is 2.39. The third-order valence-electron chi connectivity index (χ3n) is 8.52. The van der Waals surface area contributed by atoms with Crippen molar-refractivity contribution in [3.63, 3.8) is 0 Å².